The van der Waals surface area contributed by atoms with Crippen molar-refractivity contribution in [2.45, 2.75) is 81.6 Å². The number of carbonyl (C=O) groups is 1. The standard InChI is InChI=1S/C33H40N2O3/c1-22(2)20-35(29(36)14-13-23-7-4-3-5-8-23)26-15-16-33(37)28-19-25-9-6-10-27-30(25)32(33,31(26)38-27)17-18-34(28)21-24-11-12-24/h3-10,13-14,22,24,26,28,31,37H,11-12,15-21H2,1-2H3/b14-13+/t26?,28-,31?,32+,33-/m1/s1. The number of piperidine rings is 1. The summed E-state index contributed by atoms with van der Waals surface area (Å²) in [6.07, 6.45) is 9.32. The summed E-state index contributed by atoms with van der Waals surface area (Å²) in [6.45, 7) is 7.13. The number of benzene rings is 2. The molecule has 5 atom stereocenters. The van der Waals surface area contributed by atoms with Gasteiger partial charge >= 0.3 is 0 Å². The van der Waals surface area contributed by atoms with E-state index < -0.39 is 11.0 Å². The molecule has 38 heavy (non-hydrogen) atoms. The topological polar surface area (TPSA) is 53.0 Å². The Bertz CT molecular complexity index is 1250. The molecule has 5 heteroatoms. The molecule has 2 unspecified atom stereocenters. The van der Waals surface area contributed by atoms with Crippen molar-refractivity contribution in [3.05, 3.63) is 71.3 Å². The van der Waals surface area contributed by atoms with Crippen LogP contribution >= 0.6 is 0 Å². The van der Waals surface area contributed by atoms with E-state index in [0.717, 1.165) is 49.6 Å². The van der Waals surface area contributed by atoms with Gasteiger partial charge in [-0.05, 0) is 80.2 Å². The third-order valence-electron chi connectivity index (χ3n) is 10.1. The van der Waals surface area contributed by atoms with E-state index in [1.165, 1.54) is 24.0 Å². The SMILES string of the molecule is CC(C)CN(C(=O)/C=C/c1ccccc1)C1CC[C@@]2(O)[C@H]3Cc4cccc5c4[C@@]2(CCN3CC2CC2)C1O5. The van der Waals surface area contributed by atoms with Gasteiger partial charge in [0.25, 0.3) is 0 Å². The first-order valence-corrected chi connectivity index (χ1v) is 14.7. The highest BCUT2D eigenvalue weighted by Gasteiger charge is 2.73. The maximum Gasteiger partial charge on any atom is 0.246 e. The van der Waals surface area contributed by atoms with Crippen molar-refractivity contribution in [2.24, 2.45) is 11.8 Å². The number of likely N-dealkylation sites (tertiary alicyclic amines) is 1. The van der Waals surface area contributed by atoms with Gasteiger partial charge in [0.2, 0.25) is 5.91 Å². The van der Waals surface area contributed by atoms with Crippen LogP contribution in [-0.2, 0) is 16.6 Å². The van der Waals surface area contributed by atoms with Crippen LogP contribution in [0.5, 0.6) is 5.75 Å². The van der Waals surface area contributed by atoms with Crippen LogP contribution in [0.3, 0.4) is 0 Å². The second-order valence-electron chi connectivity index (χ2n) is 12.9. The summed E-state index contributed by atoms with van der Waals surface area (Å²) in [5.74, 6) is 2.10. The Morgan fingerprint density at radius 3 is 2.71 bits per heavy atom. The van der Waals surface area contributed by atoms with Crippen molar-refractivity contribution >= 4 is 12.0 Å². The highest BCUT2D eigenvalue weighted by Crippen LogP contribution is 2.64. The summed E-state index contributed by atoms with van der Waals surface area (Å²) in [6, 6.07) is 16.5. The average molecular weight is 513 g/mol. The normalized spacial score (nSPS) is 33.3. The molecular formula is C33H40N2O3. The lowest BCUT2D eigenvalue weighted by Crippen LogP contribution is -2.78. The van der Waals surface area contributed by atoms with Gasteiger partial charge < -0.3 is 14.7 Å². The number of carbonyl (C=O) groups excluding carboxylic acids is 1. The third-order valence-corrected chi connectivity index (χ3v) is 10.1. The van der Waals surface area contributed by atoms with E-state index in [-0.39, 0.29) is 24.1 Å². The summed E-state index contributed by atoms with van der Waals surface area (Å²) in [4.78, 5) is 18.5. The van der Waals surface area contributed by atoms with E-state index >= 15 is 0 Å². The van der Waals surface area contributed by atoms with Gasteiger partial charge in [-0.15, -0.1) is 0 Å². The summed E-state index contributed by atoms with van der Waals surface area (Å²) >= 11 is 0. The number of hydrogen-bond acceptors (Lipinski definition) is 4. The summed E-state index contributed by atoms with van der Waals surface area (Å²) in [5, 5.41) is 12.7. The molecule has 3 fully saturated rings. The van der Waals surface area contributed by atoms with Gasteiger partial charge in [-0.1, -0.05) is 56.3 Å². The van der Waals surface area contributed by atoms with Crippen LogP contribution in [0.2, 0.25) is 0 Å². The number of amides is 1. The Hall–Kier alpha value is -2.63. The second kappa shape index (κ2) is 8.96. The van der Waals surface area contributed by atoms with Crippen LogP contribution in [0.15, 0.2) is 54.6 Å². The molecule has 2 heterocycles. The predicted molar refractivity (Wildman–Crippen MR) is 149 cm³/mol. The number of rotatable bonds is 7. The zero-order valence-electron chi connectivity index (χ0n) is 22.7. The van der Waals surface area contributed by atoms with Gasteiger partial charge in [0.05, 0.1) is 17.1 Å². The van der Waals surface area contributed by atoms with Gasteiger partial charge in [-0.3, -0.25) is 9.69 Å². The highest BCUT2D eigenvalue weighted by atomic mass is 16.5. The lowest BCUT2D eigenvalue weighted by molar-refractivity contribution is -0.201. The van der Waals surface area contributed by atoms with E-state index in [0.29, 0.717) is 18.9 Å². The van der Waals surface area contributed by atoms with E-state index in [2.05, 4.69) is 41.8 Å². The summed E-state index contributed by atoms with van der Waals surface area (Å²) in [7, 11) is 0. The average Bonchev–Trinajstić information content (AvgIpc) is 3.66. The fraction of sp³-hybridized carbons (Fsp3) is 0.545. The van der Waals surface area contributed by atoms with Gasteiger partial charge in [-0.25, -0.2) is 0 Å². The Morgan fingerprint density at radius 1 is 1.13 bits per heavy atom. The van der Waals surface area contributed by atoms with E-state index in [1.807, 2.05) is 36.4 Å². The summed E-state index contributed by atoms with van der Waals surface area (Å²) < 4.78 is 6.86. The third kappa shape index (κ3) is 3.61. The highest BCUT2D eigenvalue weighted by molar-refractivity contribution is 5.92. The molecular weight excluding hydrogens is 472 g/mol. The molecule has 0 aromatic heterocycles. The number of ether oxygens (including phenoxy) is 1. The zero-order valence-corrected chi connectivity index (χ0v) is 22.7. The Kier molecular flexibility index (Phi) is 5.75. The minimum atomic E-state index is -0.826. The Balaban J connectivity index is 1.27. The molecule has 2 bridgehead atoms. The fourth-order valence-electron chi connectivity index (χ4n) is 8.35. The van der Waals surface area contributed by atoms with Crippen molar-refractivity contribution in [2.75, 3.05) is 19.6 Å². The van der Waals surface area contributed by atoms with Crippen molar-refractivity contribution in [1.82, 2.24) is 9.80 Å². The fourth-order valence-corrected chi connectivity index (χ4v) is 8.35. The molecule has 5 aliphatic rings. The first-order valence-electron chi connectivity index (χ1n) is 14.7. The van der Waals surface area contributed by atoms with Crippen LogP contribution in [0.4, 0.5) is 0 Å². The number of hydrogen-bond donors (Lipinski definition) is 1. The molecule has 2 aromatic rings. The Labute approximate surface area is 226 Å². The molecule has 0 radical (unpaired) electrons. The van der Waals surface area contributed by atoms with Gasteiger partial charge in [0, 0.05) is 30.8 Å². The smallest absolute Gasteiger partial charge is 0.246 e. The Morgan fingerprint density at radius 2 is 1.95 bits per heavy atom. The van der Waals surface area contributed by atoms with E-state index in [4.69, 9.17) is 4.74 Å². The van der Waals surface area contributed by atoms with Crippen molar-refractivity contribution < 1.29 is 14.6 Å². The molecule has 1 saturated heterocycles. The molecule has 2 saturated carbocycles. The summed E-state index contributed by atoms with van der Waals surface area (Å²) in [5.41, 5.74) is 2.33. The molecule has 1 N–H and O–H groups in total. The van der Waals surface area contributed by atoms with Crippen LogP contribution in [0.25, 0.3) is 6.08 Å². The first kappa shape index (κ1) is 24.4. The van der Waals surface area contributed by atoms with Gasteiger partial charge in [0.15, 0.2) is 0 Å². The lowest BCUT2D eigenvalue weighted by Gasteiger charge is -2.65. The predicted octanol–water partition coefficient (Wildman–Crippen LogP) is 4.82. The number of nitrogens with zero attached hydrogens (tertiary/aromatic N) is 2. The zero-order chi connectivity index (χ0) is 26.1. The molecule has 2 aliphatic heterocycles. The van der Waals surface area contributed by atoms with Crippen LogP contribution in [-0.4, -0.2) is 64.2 Å². The van der Waals surface area contributed by atoms with E-state index in [9.17, 15) is 9.90 Å². The van der Waals surface area contributed by atoms with Crippen molar-refractivity contribution in [1.29, 1.82) is 0 Å². The first-order chi connectivity index (χ1) is 18.4. The van der Waals surface area contributed by atoms with Crippen molar-refractivity contribution in [3.63, 3.8) is 0 Å². The second-order valence-corrected chi connectivity index (χ2v) is 12.9. The minimum absolute atomic E-state index is 0.0349. The lowest BCUT2D eigenvalue weighted by atomic mass is 9.48. The molecule has 200 valence electrons. The van der Waals surface area contributed by atoms with Gasteiger partial charge in [-0.2, -0.15) is 0 Å². The molecule has 1 amide bonds. The maximum absolute atomic E-state index is 13.8. The molecule has 7 rings (SSSR count). The molecule has 1 spiro atoms. The quantitative estimate of drug-likeness (QED) is 0.541. The number of aliphatic hydroxyl groups is 1. The van der Waals surface area contributed by atoms with Crippen molar-refractivity contribution in [3.8, 4) is 5.75 Å². The van der Waals surface area contributed by atoms with Crippen LogP contribution < -0.4 is 4.74 Å². The maximum atomic E-state index is 13.8. The van der Waals surface area contributed by atoms with Gasteiger partial charge in [0.1, 0.15) is 11.9 Å². The monoisotopic (exact) mass is 512 g/mol. The van der Waals surface area contributed by atoms with E-state index in [1.54, 1.807) is 6.08 Å². The largest absolute Gasteiger partial charge is 0.487 e. The van der Waals surface area contributed by atoms with Crippen LogP contribution in [0, 0.1) is 11.8 Å². The van der Waals surface area contributed by atoms with Crippen LogP contribution in [0.1, 0.15) is 62.6 Å². The molecule has 3 aliphatic carbocycles. The molecule has 5 nitrogen and oxygen atoms in total. The minimum Gasteiger partial charge on any atom is -0.487 e. The molecule has 2 aromatic carbocycles.